The van der Waals surface area contributed by atoms with Crippen LogP contribution in [0, 0.1) is 0 Å². The Kier molecular flexibility index (Phi) is 5.63. The van der Waals surface area contributed by atoms with Gasteiger partial charge in [0, 0.05) is 38.2 Å². The van der Waals surface area contributed by atoms with Crippen LogP contribution >= 0.6 is 0 Å². The summed E-state index contributed by atoms with van der Waals surface area (Å²) < 4.78 is 10.9. The smallest absolute Gasteiger partial charge is 0.226 e. The first-order chi connectivity index (χ1) is 10.6. The van der Waals surface area contributed by atoms with Gasteiger partial charge in [0.05, 0.1) is 0 Å². The fraction of sp³-hybridized carbons (Fsp3) is 0.500. The van der Waals surface area contributed by atoms with Gasteiger partial charge in [-0.2, -0.15) is 0 Å². The molecule has 6 heteroatoms. The number of fused-ring (bicyclic) bond motifs is 1. The zero-order valence-electron chi connectivity index (χ0n) is 13.1. The van der Waals surface area contributed by atoms with E-state index in [1.54, 1.807) is 23.1 Å². The Morgan fingerprint density at radius 3 is 2.59 bits per heavy atom. The number of anilines is 1. The lowest BCUT2D eigenvalue weighted by atomic mass is 10.2. The number of benzene rings is 1. The molecule has 0 spiro atoms. The zero-order chi connectivity index (χ0) is 15.9. The quantitative estimate of drug-likeness (QED) is 0.873. The van der Waals surface area contributed by atoms with Crippen LogP contribution < -0.4 is 14.8 Å². The predicted octanol–water partition coefficient (Wildman–Crippen LogP) is 2.04. The molecule has 0 aliphatic carbocycles. The van der Waals surface area contributed by atoms with Gasteiger partial charge in [-0.25, -0.2) is 0 Å². The molecule has 0 fully saturated rings. The van der Waals surface area contributed by atoms with Crippen LogP contribution in [0.15, 0.2) is 18.2 Å². The number of amides is 2. The van der Waals surface area contributed by atoms with Gasteiger partial charge in [0.2, 0.25) is 11.8 Å². The van der Waals surface area contributed by atoms with Crippen LogP contribution in [0.2, 0.25) is 0 Å². The molecule has 2 rings (SSSR count). The van der Waals surface area contributed by atoms with E-state index in [0.29, 0.717) is 43.5 Å². The minimum absolute atomic E-state index is 0.00557. The summed E-state index contributed by atoms with van der Waals surface area (Å²) in [5.74, 6) is 1.20. The van der Waals surface area contributed by atoms with Crippen molar-refractivity contribution in [2.45, 2.75) is 26.7 Å². The Morgan fingerprint density at radius 2 is 1.91 bits per heavy atom. The molecule has 1 N–H and O–H groups in total. The molecule has 0 bridgehead atoms. The standard InChI is InChI=1S/C16H22N2O4/c1-3-7-18(12(2)19)8-6-16(20)17-13-4-5-14-15(11-13)22-10-9-21-14/h4-5,11H,3,6-10H2,1-2H3,(H,17,20). The van der Waals surface area contributed by atoms with E-state index in [1.165, 1.54) is 6.92 Å². The van der Waals surface area contributed by atoms with E-state index in [9.17, 15) is 9.59 Å². The molecular weight excluding hydrogens is 284 g/mol. The van der Waals surface area contributed by atoms with Crippen LogP contribution in [-0.2, 0) is 9.59 Å². The van der Waals surface area contributed by atoms with Crippen molar-refractivity contribution in [2.75, 3.05) is 31.6 Å². The second-order valence-electron chi connectivity index (χ2n) is 5.16. The molecule has 0 radical (unpaired) electrons. The van der Waals surface area contributed by atoms with E-state index in [0.717, 1.165) is 6.42 Å². The lowest BCUT2D eigenvalue weighted by Crippen LogP contribution is -2.32. The Bertz CT molecular complexity index is 545. The van der Waals surface area contributed by atoms with Crippen LogP contribution in [-0.4, -0.2) is 43.0 Å². The van der Waals surface area contributed by atoms with Crippen molar-refractivity contribution in [1.29, 1.82) is 0 Å². The van der Waals surface area contributed by atoms with E-state index in [1.807, 2.05) is 6.92 Å². The van der Waals surface area contributed by atoms with Gasteiger partial charge in [-0.1, -0.05) is 6.92 Å². The molecule has 1 aromatic carbocycles. The third kappa shape index (κ3) is 4.38. The second kappa shape index (κ2) is 7.68. The van der Waals surface area contributed by atoms with Crippen molar-refractivity contribution in [2.24, 2.45) is 0 Å². The van der Waals surface area contributed by atoms with Crippen LogP contribution in [0.5, 0.6) is 11.5 Å². The van der Waals surface area contributed by atoms with Gasteiger partial charge >= 0.3 is 0 Å². The van der Waals surface area contributed by atoms with Crippen molar-refractivity contribution >= 4 is 17.5 Å². The van der Waals surface area contributed by atoms with Gasteiger partial charge in [0.15, 0.2) is 11.5 Å². The largest absolute Gasteiger partial charge is 0.486 e. The van der Waals surface area contributed by atoms with Crippen molar-refractivity contribution in [3.05, 3.63) is 18.2 Å². The highest BCUT2D eigenvalue weighted by molar-refractivity contribution is 5.91. The van der Waals surface area contributed by atoms with Crippen molar-refractivity contribution in [1.82, 2.24) is 4.90 Å². The maximum Gasteiger partial charge on any atom is 0.226 e. The highest BCUT2D eigenvalue weighted by Gasteiger charge is 2.14. The molecule has 0 saturated carbocycles. The average molecular weight is 306 g/mol. The molecule has 6 nitrogen and oxygen atoms in total. The fourth-order valence-electron chi connectivity index (χ4n) is 2.28. The molecule has 0 aromatic heterocycles. The minimum Gasteiger partial charge on any atom is -0.486 e. The Morgan fingerprint density at radius 1 is 1.18 bits per heavy atom. The number of carbonyl (C=O) groups is 2. The molecule has 22 heavy (non-hydrogen) atoms. The fourth-order valence-corrected chi connectivity index (χ4v) is 2.28. The van der Waals surface area contributed by atoms with Crippen molar-refractivity contribution in [3.8, 4) is 11.5 Å². The summed E-state index contributed by atoms with van der Waals surface area (Å²) in [4.78, 5) is 25.1. The van der Waals surface area contributed by atoms with Gasteiger partial charge in [0.1, 0.15) is 13.2 Å². The Hall–Kier alpha value is -2.24. The summed E-state index contributed by atoms with van der Waals surface area (Å²) in [6.45, 7) is 5.68. The van der Waals surface area contributed by atoms with Crippen molar-refractivity contribution in [3.63, 3.8) is 0 Å². The van der Waals surface area contributed by atoms with E-state index in [4.69, 9.17) is 9.47 Å². The summed E-state index contributed by atoms with van der Waals surface area (Å²) in [7, 11) is 0. The van der Waals surface area contributed by atoms with E-state index < -0.39 is 0 Å². The SMILES string of the molecule is CCCN(CCC(=O)Nc1ccc2c(c1)OCCO2)C(C)=O. The Labute approximate surface area is 130 Å². The number of hydrogen-bond donors (Lipinski definition) is 1. The summed E-state index contributed by atoms with van der Waals surface area (Å²) >= 11 is 0. The second-order valence-corrected chi connectivity index (χ2v) is 5.16. The first-order valence-corrected chi connectivity index (χ1v) is 7.55. The van der Waals surface area contributed by atoms with Gasteiger partial charge in [-0.05, 0) is 18.6 Å². The number of nitrogens with one attached hydrogen (secondary N) is 1. The van der Waals surface area contributed by atoms with Crippen LogP contribution in [0.4, 0.5) is 5.69 Å². The van der Waals surface area contributed by atoms with Gasteiger partial charge in [-0.3, -0.25) is 9.59 Å². The molecular formula is C16H22N2O4. The third-order valence-electron chi connectivity index (χ3n) is 3.37. The summed E-state index contributed by atoms with van der Waals surface area (Å²) in [6.07, 6.45) is 1.15. The first kappa shape index (κ1) is 16.1. The van der Waals surface area contributed by atoms with Crippen LogP contribution in [0.1, 0.15) is 26.7 Å². The molecule has 1 aliphatic rings. The van der Waals surface area contributed by atoms with E-state index in [2.05, 4.69) is 5.32 Å². The zero-order valence-corrected chi connectivity index (χ0v) is 13.1. The number of rotatable bonds is 6. The van der Waals surface area contributed by atoms with Gasteiger partial charge < -0.3 is 19.7 Å². The lowest BCUT2D eigenvalue weighted by Gasteiger charge is -2.20. The van der Waals surface area contributed by atoms with Gasteiger partial charge in [-0.15, -0.1) is 0 Å². The highest BCUT2D eigenvalue weighted by atomic mass is 16.6. The first-order valence-electron chi connectivity index (χ1n) is 7.55. The third-order valence-corrected chi connectivity index (χ3v) is 3.37. The average Bonchev–Trinajstić information content (AvgIpc) is 2.51. The van der Waals surface area contributed by atoms with Crippen LogP contribution in [0.3, 0.4) is 0 Å². The van der Waals surface area contributed by atoms with E-state index >= 15 is 0 Å². The predicted molar refractivity (Wildman–Crippen MR) is 83.2 cm³/mol. The molecule has 0 unspecified atom stereocenters. The van der Waals surface area contributed by atoms with E-state index in [-0.39, 0.29) is 18.2 Å². The van der Waals surface area contributed by atoms with Crippen LogP contribution in [0.25, 0.3) is 0 Å². The molecule has 2 amide bonds. The summed E-state index contributed by atoms with van der Waals surface area (Å²) in [6, 6.07) is 5.31. The minimum atomic E-state index is -0.126. The monoisotopic (exact) mass is 306 g/mol. The number of hydrogen-bond acceptors (Lipinski definition) is 4. The molecule has 0 atom stereocenters. The number of ether oxygens (including phenoxy) is 2. The molecule has 120 valence electrons. The molecule has 1 heterocycles. The number of nitrogens with zero attached hydrogens (tertiary/aromatic N) is 1. The summed E-state index contributed by atoms with van der Waals surface area (Å²) in [5.41, 5.74) is 0.666. The molecule has 1 aromatic rings. The van der Waals surface area contributed by atoms with Gasteiger partial charge in [0.25, 0.3) is 0 Å². The lowest BCUT2D eigenvalue weighted by molar-refractivity contribution is -0.129. The van der Waals surface area contributed by atoms with Crippen molar-refractivity contribution < 1.29 is 19.1 Å². The Balaban J connectivity index is 1.87. The number of carbonyl (C=O) groups excluding carboxylic acids is 2. The highest BCUT2D eigenvalue weighted by Crippen LogP contribution is 2.32. The molecule has 1 aliphatic heterocycles. The maximum absolute atomic E-state index is 12.0. The normalized spacial score (nSPS) is 12.6. The molecule has 0 saturated heterocycles. The summed E-state index contributed by atoms with van der Waals surface area (Å²) in [5, 5.41) is 2.82. The topological polar surface area (TPSA) is 67.9 Å². The maximum atomic E-state index is 12.0.